The van der Waals surface area contributed by atoms with Crippen LogP contribution in [-0.2, 0) is 4.79 Å². The van der Waals surface area contributed by atoms with Gasteiger partial charge in [0.1, 0.15) is 0 Å². The van der Waals surface area contributed by atoms with Crippen LogP contribution in [0.1, 0.15) is 32.6 Å². The molecule has 4 nitrogen and oxygen atoms in total. The van der Waals surface area contributed by atoms with Crippen molar-refractivity contribution in [2.45, 2.75) is 38.1 Å². The number of nitrogens with zero attached hydrogens (tertiary/aromatic N) is 2. The van der Waals surface area contributed by atoms with Gasteiger partial charge in [0.05, 0.1) is 5.54 Å². The van der Waals surface area contributed by atoms with E-state index >= 15 is 0 Å². The quantitative estimate of drug-likeness (QED) is 0.810. The Morgan fingerprint density at radius 2 is 1.89 bits per heavy atom. The number of carbonyl (C=O) groups excluding carboxylic acids is 1. The zero-order valence-electron chi connectivity index (χ0n) is 12.0. The van der Waals surface area contributed by atoms with E-state index in [1.807, 2.05) is 18.9 Å². The van der Waals surface area contributed by atoms with Crippen LogP contribution in [0.2, 0.25) is 0 Å². The predicted molar refractivity (Wildman–Crippen MR) is 73.2 cm³/mol. The van der Waals surface area contributed by atoms with Crippen LogP contribution in [0.5, 0.6) is 0 Å². The molecule has 0 aromatic heterocycles. The van der Waals surface area contributed by atoms with Crippen LogP contribution >= 0.6 is 0 Å². The summed E-state index contributed by atoms with van der Waals surface area (Å²) in [5.74, 6) is 1.18. The summed E-state index contributed by atoms with van der Waals surface area (Å²) in [6, 6.07) is 0. The zero-order valence-corrected chi connectivity index (χ0v) is 12.0. The van der Waals surface area contributed by atoms with Gasteiger partial charge in [0.2, 0.25) is 5.91 Å². The average Bonchev–Trinajstić information content (AvgIpc) is 3.15. The van der Waals surface area contributed by atoms with Crippen molar-refractivity contribution < 1.29 is 4.79 Å². The number of rotatable bonds is 4. The van der Waals surface area contributed by atoms with E-state index in [4.69, 9.17) is 5.73 Å². The largest absolute Gasteiger partial charge is 0.344 e. The molecule has 2 fully saturated rings. The van der Waals surface area contributed by atoms with Gasteiger partial charge in [0, 0.05) is 13.6 Å². The third kappa shape index (κ3) is 3.04. The fourth-order valence-corrected chi connectivity index (χ4v) is 2.98. The maximum absolute atomic E-state index is 12.4. The summed E-state index contributed by atoms with van der Waals surface area (Å²) in [4.78, 5) is 16.6. The van der Waals surface area contributed by atoms with Crippen LogP contribution in [0.15, 0.2) is 0 Å². The van der Waals surface area contributed by atoms with E-state index in [-0.39, 0.29) is 5.91 Å². The average molecular weight is 253 g/mol. The lowest BCUT2D eigenvalue weighted by Gasteiger charge is -2.34. The Hall–Kier alpha value is -0.610. The van der Waals surface area contributed by atoms with Crippen LogP contribution < -0.4 is 5.73 Å². The zero-order chi connectivity index (χ0) is 13.3. The summed E-state index contributed by atoms with van der Waals surface area (Å²) in [5.41, 5.74) is 5.56. The molecule has 0 spiro atoms. The van der Waals surface area contributed by atoms with Crippen molar-refractivity contribution in [3.8, 4) is 0 Å². The fraction of sp³-hybridized carbons (Fsp3) is 0.929. The third-order valence-corrected chi connectivity index (χ3v) is 4.60. The Labute approximate surface area is 110 Å². The minimum absolute atomic E-state index is 0.129. The predicted octanol–water partition coefficient (Wildman–Crippen LogP) is 0.914. The second-order valence-electron chi connectivity index (χ2n) is 6.49. The first kappa shape index (κ1) is 13.8. The molecule has 1 saturated heterocycles. The number of likely N-dealkylation sites (tertiary alicyclic amines) is 1. The molecule has 0 aromatic carbocycles. The highest BCUT2D eigenvalue weighted by atomic mass is 16.2. The standard InChI is InChI=1S/C14H27N3O/c1-14(15,12-4-5-12)13(18)17(3)10-11-6-8-16(2)9-7-11/h11-12H,4-10,15H2,1-3H3. The molecule has 1 saturated carbocycles. The van der Waals surface area contributed by atoms with Crippen LogP contribution in [0.25, 0.3) is 0 Å². The second kappa shape index (κ2) is 5.17. The van der Waals surface area contributed by atoms with Crippen molar-refractivity contribution >= 4 is 5.91 Å². The molecular formula is C14H27N3O. The highest BCUT2D eigenvalue weighted by molar-refractivity contribution is 5.86. The molecule has 1 aliphatic carbocycles. The van der Waals surface area contributed by atoms with Crippen molar-refractivity contribution in [1.82, 2.24) is 9.80 Å². The molecule has 1 atom stereocenters. The summed E-state index contributed by atoms with van der Waals surface area (Å²) < 4.78 is 0. The molecule has 2 aliphatic rings. The molecule has 1 aliphatic heterocycles. The van der Waals surface area contributed by atoms with E-state index in [9.17, 15) is 4.79 Å². The number of carbonyl (C=O) groups is 1. The molecule has 1 amide bonds. The SMILES string of the molecule is CN1CCC(CN(C)C(=O)C(C)(N)C2CC2)CC1. The van der Waals surface area contributed by atoms with Gasteiger partial charge in [-0.2, -0.15) is 0 Å². The summed E-state index contributed by atoms with van der Waals surface area (Å²) in [6.45, 7) is 5.06. The van der Waals surface area contributed by atoms with Gasteiger partial charge in [-0.25, -0.2) is 0 Å². The van der Waals surface area contributed by atoms with E-state index < -0.39 is 5.54 Å². The molecule has 0 bridgehead atoms. The van der Waals surface area contributed by atoms with Gasteiger partial charge >= 0.3 is 0 Å². The van der Waals surface area contributed by atoms with Gasteiger partial charge in [0.15, 0.2) is 0 Å². The fourth-order valence-electron chi connectivity index (χ4n) is 2.98. The molecule has 18 heavy (non-hydrogen) atoms. The number of hydrogen-bond donors (Lipinski definition) is 1. The number of nitrogens with two attached hydrogens (primary N) is 1. The monoisotopic (exact) mass is 253 g/mol. The van der Waals surface area contributed by atoms with Crippen LogP contribution in [0, 0.1) is 11.8 Å². The van der Waals surface area contributed by atoms with E-state index in [1.54, 1.807) is 0 Å². The van der Waals surface area contributed by atoms with Gasteiger partial charge in [0.25, 0.3) is 0 Å². The van der Waals surface area contributed by atoms with Crippen molar-refractivity contribution in [1.29, 1.82) is 0 Å². The maximum Gasteiger partial charge on any atom is 0.242 e. The van der Waals surface area contributed by atoms with Crippen molar-refractivity contribution in [2.24, 2.45) is 17.6 Å². The molecule has 1 unspecified atom stereocenters. The first-order valence-corrected chi connectivity index (χ1v) is 7.14. The Bertz CT molecular complexity index is 304. The van der Waals surface area contributed by atoms with Crippen molar-refractivity contribution in [3.63, 3.8) is 0 Å². The van der Waals surface area contributed by atoms with Gasteiger partial charge in [-0.15, -0.1) is 0 Å². The highest BCUT2D eigenvalue weighted by Gasteiger charge is 2.45. The maximum atomic E-state index is 12.4. The Morgan fingerprint density at radius 3 is 2.39 bits per heavy atom. The number of likely N-dealkylation sites (N-methyl/N-ethyl adjacent to an activating group) is 1. The molecule has 4 heteroatoms. The highest BCUT2D eigenvalue weighted by Crippen LogP contribution is 2.39. The Morgan fingerprint density at radius 1 is 1.33 bits per heavy atom. The lowest BCUT2D eigenvalue weighted by molar-refractivity contribution is -0.136. The van der Waals surface area contributed by atoms with E-state index in [0.717, 1.165) is 32.5 Å². The molecule has 0 radical (unpaired) electrons. The number of piperidine rings is 1. The molecule has 1 heterocycles. The Kier molecular flexibility index (Phi) is 3.97. The van der Waals surface area contributed by atoms with Gasteiger partial charge in [-0.1, -0.05) is 0 Å². The molecule has 104 valence electrons. The normalized spacial score (nSPS) is 25.8. The summed E-state index contributed by atoms with van der Waals surface area (Å²) in [6.07, 6.45) is 4.61. The smallest absolute Gasteiger partial charge is 0.242 e. The topological polar surface area (TPSA) is 49.6 Å². The Balaban J connectivity index is 1.83. The van der Waals surface area contributed by atoms with Crippen LogP contribution in [-0.4, -0.2) is 55.0 Å². The van der Waals surface area contributed by atoms with Gasteiger partial charge < -0.3 is 15.5 Å². The third-order valence-electron chi connectivity index (χ3n) is 4.60. The van der Waals surface area contributed by atoms with Crippen LogP contribution in [0.3, 0.4) is 0 Å². The minimum atomic E-state index is -0.639. The lowest BCUT2D eigenvalue weighted by atomic mass is 9.93. The molecule has 2 rings (SSSR count). The molecule has 0 aromatic rings. The van der Waals surface area contributed by atoms with Crippen molar-refractivity contribution in [3.05, 3.63) is 0 Å². The molecular weight excluding hydrogens is 226 g/mol. The first-order chi connectivity index (χ1) is 8.41. The second-order valence-corrected chi connectivity index (χ2v) is 6.49. The van der Waals surface area contributed by atoms with Gasteiger partial charge in [-0.05, 0) is 64.6 Å². The van der Waals surface area contributed by atoms with Gasteiger partial charge in [-0.3, -0.25) is 4.79 Å². The summed E-state index contributed by atoms with van der Waals surface area (Å²) >= 11 is 0. The molecule has 2 N–H and O–H groups in total. The van der Waals surface area contributed by atoms with Crippen molar-refractivity contribution in [2.75, 3.05) is 33.7 Å². The minimum Gasteiger partial charge on any atom is -0.344 e. The summed E-state index contributed by atoms with van der Waals surface area (Å²) in [7, 11) is 4.07. The van der Waals surface area contributed by atoms with E-state index in [2.05, 4.69) is 11.9 Å². The lowest BCUT2D eigenvalue weighted by Crippen LogP contribution is -2.54. The van der Waals surface area contributed by atoms with E-state index in [0.29, 0.717) is 11.8 Å². The van der Waals surface area contributed by atoms with Crippen LogP contribution in [0.4, 0.5) is 0 Å². The van der Waals surface area contributed by atoms with E-state index in [1.165, 1.54) is 12.8 Å². The summed E-state index contributed by atoms with van der Waals surface area (Å²) in [5, 5.41) is 0. The first-order valence-electron chi connectivity index (χ1n) is 7.14. The number of amides is 1. The number of hydrogen-bond acceptors (Lipinski definition) is 3.